The first-order chi connectivity index (χ1) is 7.58. The summed E-state index contributed by atoms with van der Waals surface area (Å²) in [6.07, 6.45) is 4.16. The predicted octanol–water partition coefficient (Wildman–Crippen LogP) is 2.38. The van der Waals surface area contributed by atoms with Gasteiger partial charge in [-0.2, -0.15) is 0 Å². The molecule has 0 fully saturated rings. The number of hydrogen-bond acceptors (Lipinski definition) is 4. The summed E-state index contributed by atoms with van der Waals surface area (Å²) in [6, 6.07) is 0.108. The van der Waals surface area contributed by atoms with Crippen molar-refractivity contribution in [3.05, 3.63) is 16.9 Å². The molecule has 1 aromatic rings. The SMILES string of the molecule is CC[C@@H](C)NC(=O)c1nc(SC)ncc1Cl. The van der Waals surface area contributed by atoms with E-state index in [1.54, 1.807) is 0 Å². The van der Waals surface area contributed by atoms with Gasteiger partial charge in [-0.05, 0) is 19.6 Å². The maximum atomic E-state index is 11.8. The zero-order valence-electron chi connectivity index (χ0n) is 9.45. The van der Waals surface area contributed by atoms with Gasteiger partial charge < -0.3 is 5.32 Å². The summed E-state index contributed by atoms with van der Waals surface area (Å²) in [6.45, 7) is 3.93. The monoisotopic (exact) mass is 259 g/mol. The molecule has 1 heterocycles. The molecule has 0 aliphatic rings. The Morgan fingerprint density at radius 2 is 2.38 bits per heavy atom. The fourth-order valence-electron chi connectivity index (χ4n) is 1.00. The largest absolute Gasteiger partial charge is 0.348 e. The molecule has 0 unspecified atom stereocenters. The lowest BCUT2D eigenvalue weighted by Gasteiger charge is -2.11. The van der Waals surface area contributed by atoms with Crippen molar-refractivity contribution in [3.63, 3.8) is 0 Å². The average Bonchev–Trinajstić information content (AvgIpc) is 2.29. The lowest BCUT2D eigenvalue weighted by Crippen LogP contribution is -2.32. The molecule has 0 radical (unpaired) electrons. The van der Waals surface area contributed by atoms with E-state index in [1.807, 2.05) is 20.1 Å². The van der Waals surface area contributed by atoms with Gasteiger partial charge in [-0.15, -0.1) is 0 Å². The van der Waals surface area contributed by atoms with Crippen LogP contribution in [0.15, 0.2) is 11.4 Å². The third-order valence-electron chi connectivity index (χ3n) is 2.11. The van der Waals surface area contributed by atoms with Crippen LogP contribution in [0.1, 0.15) is 30.8 Å². The summed E-state index contributed by atoms with van der Waals surface area (Å²) in [5.41, 5.74) is 0.237. The topological polar surface area (TPSA) is 54.9 Å². The van der Waals surface area contributed by atoms with Gasteiger partial charge in [0.15, 0.2) is 10.9 Å². The van der Waals surface area contributed by atoms with Crippen molar-refractivity contribution in [1.82, 2.24) is 15.3 Å². The smallest absolute Gasteiger partial charge is 0.271 e. The minimum atomic E-state index is -0.253. The number of thioether (sulfide) groups is 1. The van der Waals surface area contributed by atoms with E-state index in [4.69, 9.17) is 11.6 Å². The van der Waals surface area contributed by atoms with E-state index in [9.17, 15) is 4.79 Å². The molecule has 1 N–H and O–H groups in total. The van der Waals surface area contributed by atoms with E-state index >= 15 is 0 Å². The molecule has 0 bridgehead atoms. The molecular formula is C10H14ClN3OS. The van der Waals surface area contributed by atoms with Gasteiger partial charge in [-0.3, -0.25) is 4.79 Å². The number of nitrogens with one attached hydrogen (secondary N) is 1. The summed E-state index contributed by atoms with van der Waals surface area (Å²) in [5, 5.41) is 3.63. The summed E-state index contributed by atoms with van der Waals surface area (Å²) in [7, 11) is 0. The van der Waals surface area contributed by atoms with Crippen LogP contribution in [0.2, 0.25) is 5.02 Å². The summed E-state index contributed by atoms with van der Waals surface area (Å²) < 4.78 is 0. The highest BCUT2D eigenvalue weighted by molar-refractivity contribution is 7.98. The van der Waals surface area contributed by atoms with E-state index < -0.39 is 0 Å². The Morgan fingerprint density at radius 1 is 1.69 bits per heavy atom. The minimum Gasteiger partial charge on any atom is -0.348 e. The molecular weight excluding hydrogens is 246 g/mol. The second-order valence-corrected chi connectivity index (χ2v) is 4.52. The molecule has 0 aliphatic carbocycles. The predicted molar refractivity (Wildman–Crippen MR) is 66.0 cm³/mol. The lowest BCUT2D eigenvalue weighted by molar-refractivity contribution is 0.0933. The van der Waals surface area contributed by atoms with Gasteiger partial charge in [0.25, 0.3) is 5.91 Å². The normalized spacial score (nSPS) is 12.2. The molecule has 0 saturated heterocycles. The Hall–Kier alpha value is -0.810. The van der Waals surface area contributed by atoms with E-state index in [0.29, 0.717) is 5.16 Å². The Kier molecular flexibility index (Phi) is 5.02. The first-order valence-electron chi connectivity index (χ1n) is 4.95. The molecule has 6 heteroatoms. The molecule has 4 nitrogen and oxygen atoms in total. The van der Waals surface area contributed by atoms with Crippen molar-refractivity contribution < 1.29 is 4.79 Å². The number of carbonyl (C=O) groups is 1. The Morgan fingerprint density at radius 3 is 2.94 bits per heavy atom. The van der Waals surface area contributed by atoms with Gasteiger partial charge in [0.1, 0.15) is 0 Å². The zero-order chi connectivity index (χ0) is 12.1. The highest BCUT2D eigenvalue weighted by Crippen LogP contribution is 2.16. The van der Waals surface area contributed by atoms with Crippen LogP contribution in [0, 0.1) is 0 Å². The second kappa shape index (κ2) is 6.06. The van der Waals surface area contributed by atoms with Crippen molar-refractivity contribution in [3.8, 4) is 0 Å². The van der Waals surface area contributed by atoms with Gasteiger partial charge in [0.2, 0.25) is 0 Å². The molecule has 0 aromatic carbocycles. The highest BCUT2D eigenvalue weighted by atomic mass is 35.5. The van der Waals surface area contributed by atoms with Crippen LogP contribution in [0.3, 0.4) is 0 Å². The molecule has 1 rings (SSSR count). The maximum absolute atomic E-state index is 11.8. The van der Waals surface area contributed by atoms with Crippen LogP contribution < -0.4 is 5.32 Å². The van der Waals surface area contributed by atoms with Gasteiger partial charge in [0.05, 0.1) is 11.2 Å². The van der Waals surface area contributed by atoms with Crippen LogP contribution in [0.4, 0.5) is 0 Å². The van der Waals surface area contributed by atoms with Crippen LogP contribution >= 0.6 is 23.4 Å². The molecule has 88 valence electrons. The highest BCUT2D eigenvalue weighted by Gasteiger charge is 2.15. The number of nitrogens with zero attached hydrogens (tertiary/aromatic N) is 2. The summed E-state index contributed by atoms with van der Waals surface area (Å²) in [4.78, 5) is 19.9. The van der Waals surface area contributed by atoms with Gasteiger partial charge in [0, 0.05) is 6.04 Å². The molecule has 1 amide bonds. The molecule has 0 saturated carbocycles. The summed E-state index contributed by atoms with van der Waals surface area (Å²) >= 11 is 7.25. The number of amides is 1. The quantitative estimate of drug-likeness (QED) is 0.666. The van der Waals surface area contributed by atoms with Crippen molar-refractivity contribution >= 4 is 29.3 Å². The Bertz CT molecular complexity index is 386. The van der Waals surface area contributed by atoms with Gasteiger partial charge in [-0.25, -0.2) is 9.97 Å². The van der Waals surface area contributed by atoms with E-state index in [0.717, 1.165) is 6.42 Å². The lowest BCUT2D eigenvalue weighted by atomic mass is 10.2. The number of halogens is 1. The van der Waals surface area contributed by atoms with E-state index in [1.165, 1.54) is 18.0 Å². The number of hydrogen-bond donors (Lipinski definition) is 1. The molecule has 16 heavy (non-hydrogen) atoms. The third-order valence-corrected chi connectivity index (χ3v) is 2.95. The third kappa shape index (κ3) is 3.35. The van der Waals surface area contributed by atoms with Crippen molar-refractivity contribution in [2.75, 3.05) is 6.26 Å². The molecule has 1 atom stereocenters. The van der Waals surface area contributed by atoms with Gasteiger partial charge >= 0.3 is 0 Å². The second-order valence-electron chi connectivity index (χ2n) is 3.34. The van der Waals surface area contributed by atoms with Crippen LogP contribution in [0.25, 0.3) is 0 Å². The van der Waals surface area contributed by atoms with Gasteiger partial charge in [-0.1, -0.05) is 30.3 Å². The van der Waals surface area contributed by atoms with Crippen LogP contribution in [-0.2, 0) is 0 Å². The Labute approximate surface area is 104 Å². The van der Waals surface area contributed by atoms with Crippen molar-refractivity contribution in [2.24, 2.45) is 0 Å². The van der Waals surface area contributed by atoms with E-state index in [-0.39, 0.29) is 22.7 Å². The zero-order valence-corrected chi connectivity index (χ0v) is 11.0. The maximum Gasteiger partial charge on any atom is 0.271 e. The fraction of sp³-hybridized carbons (Fsp3) is 0.500. The molecule has 1 aromatic heterocycles. The molecule has 0 spiro atoms. The summed E-state index contributed by atoms with van der Waals surface area (Å²) in [5.74, 6) is -0.253. The molecule has 0 aliphatic heterocycles. The number of rotatable bonds is 4. The average molecular weight is 260 g/mol. The van der Waals surface area contributed by atoms with Crippen molar-refractivity contribution in [2.45, 2.75) is 31.5 Å². The first-order valence-corrected chi connectivity index (χ1v) is 6.56. The fourth-order valence-corrected chi connectivity index (χ4v) is 1.52. The number of carbonyl (C=O) groups excluding carboxylic acids is 1. The minimum absolute atomic E-state index is 0.108. The van der Waals surface area contributed by atoms with Crippen LogP contribution in [0.5, 0.6) is 0 Å². The van der Waals surface area contributed by atoms with Crippen LogP contribution in [-0.4, -0.2) is 28.2 Å². The Balaban J connectivity index is 2.89. The van der Waals surface area contributed by atoms with E-state index in [2.05, 4.69) is 15.3 Å². The standard InChI is InChI=1S/C10H14ClN3OS/c1-4-6(2)13-9(15)8-7(11)5-12-10(14-8)16-3/h5-6H,4H2,1-3H3,(H,13,15)/t6-/m1/s1. The van der Waals surface area contributed by atoms with Crippen molar-refractivity contribution in [1.29, 1.82) is 0 Å². The first kappa shape index (κ1) is 13.3. The number of aromatic nitrogens is 2.